The van der Waals surface area contributed by atoms with Crippen LogP contribution in [0.5, 0.6) is 0 Å². The Hall–Kier alpha value is -1.20. The average molecular weight is 297 g/mol. The highest BCUT2D eigenvalue weighted by molar-refractivity contribution is 5.52. The monoisotopic (exact) mass is 297 g/mol. The summed E-state index contributed by atoms with van der Waals surface area (Å²) in [7, 11) is 2.03. The number of benzene rings is 1. The zero-order valence-electron chi connectivity index (χ0n) is 13.3. The smallest absolute Gasteiger partial charge is 0.149 e. The number of hydrogen-bond acceptors (Lipinski definition) is 3. The maximum absolute atomic E-state index is 14.4. The van der Waals surface area contributed by atoms with Crippen LogP contribution >= 0.6 is 0 Å². The van der Waals surface area contributed by atoms with Crippen LogP contribution in [-0.2, 0) is 6.54 Å². The van der Waals surface area contributed by atoms with E-state index in [0.717, 1.165) is 13.1 Å². The van der Waals surface area contributed by atoms with E-state index in [0.29, 0.717) is 18.7 Å². The molecule has 1 heterocycles. The van der Waals surface area contributed by atoms with Gasteiger partial charge >= 0.3 is 0 Å². The van der Waals surface area contributed by atoms with Gasteiger partial charge < -0.3 is 15.1 Å². The molecule has 1 aliphatic heterocycles. The highest BCUT2D eigenvalue weighted by Crippen LogP contribution is 2.28. The van der Waals surface area contributed by atoms with Crippen molar-refractivity contribution in [3.63, 3.8) is 0 Å². The fourth-order valence-corrected chi connectivity index (χ4v) is 2.79. The third kappa shape index (κ3) is 3.92. The molecule has 0 saturated carbocycles. The number of rotatable bonds is 4. The van der Waals surface area contributed by atoms with Crippen molar-refractivity contribution in [1.82, 2.24) is 10.2 Å². The minimum atomic E-state index is -0.466. The lowest BCUT2D eigenvalue weighted by Gasteiger charge is -2.40. The SMILES string of the molecule is CC(C)NCc1cc(F)c(N2CCN(C)CC2C)c(F)c1. The molecule has 1 unspecified atom stereocenters. The molecule has 1 aromatic rings. The Bertz CT molecular complexity index is 467. The minimum Gasteiger partial charge on any atom is -0.362 e. The lowest BCUT2D eigenvalue weighted by atomic mass is 10.1. The van der Waals surface area contributed by atoms with Crippen LogP contribution in [-0.4, -0.2) is 43.7 Å². The molecule has 0 radical (unpaired) electrons. The first kappa shape index (κ1) is 16.2. The summed E-state index contributed by atoms with van der Waals surface area (Å²) in [6.45, 7) is 8.78. The van der Waals surface area contributed by atoms with Crippen LogP contribution in [0.25, 0.3) is 0 Å². The molecule has 1 aromatic carbocycles. The van der Waals surface area contributed by atoms with Gasteiger partial charge in [-0.1, -0.05) is 13.8 Å². The maximum Gasteiger partial charge on any atom is 0.149 e. The highest BCUT2D eigenvalue weighted by atomic mass is 19.1. The second-order valence-corrected chi connectivity index (χ2v) is 6.25. The standard InChI is InChI=1S/C16H25F2N3/c1-11(2)19-9-13-7-14(17)16(15(18)8-13)21-6-5-20(4)10-12(21)3/h7-8,11-12,19H,5-6,9-10H2,1-4H3. The van der Waals surface area contributed by atoms with Crippen molar-refractivity contribution in [2.75, 3.05) is 31.6 Å². The summed E-state index contributed by atoms with van der Waals surface area (Å²) in [6.07, 6.45) is 0. The molecule has 1 saturated heterocycles. The second kappa shape index (κ2) is 6.71. The van der Waals surface area contributed by atoms with Gasteiger partial charge in [0.15, 0.2) is 0 Å². The lowest BCUT2D eigenvalue weighted by Crippen LogP contribution is -2.51. The van der Waals surface area contributed by atoms with Crippen molar-refractivity contribution >= 4 is 5.69 Å². The van der Waals surface area contributed by atoms with Crippen molar-refractivity contribution in [2.24, 2.45) is 0 Å². The van der Waals surface area contributed by atoms with Crippen molar-refractivity contribution in [2.45, 2.75) is 39.4 Å². The number of halogens is 2. The third-order valence-corrected chi connectivity index (χ3v) is 3.91. The normalized spacial score (nSPS) is 20.3. The lowest BCUT2D eigenvalue weighted by molar-refractivity contribution is 0.273. The predicted octanol–water partition coefficient (Wildman–Crippen LogP) is 2.60. The quantitative estimate of drug-likeness (QED) is 0.921. The maximum atomic E-state index is 14.4. The highest BCUT2D eigenvalue weighted by Gasteiger charge is 2.26. The van der Waals surface area contributed by atoms with E-state index < -0.39 is 11.6 Å². The van der Waals surface area contributed by atoms with Crippen LogP contribution in [0.15, 0.2) is 12.1 Å². The van der Waals surface area contributed by atoms with E-state index in [-0.39, 0.29) is 17.8 Å². The molecule has 1 atom stereocenters. The Balaban J connectivity index is 2.20. The van der Waals surface area contributed by atoms with Gasteiger partial charge in [-0.25, -0.2) is 8.78 Å². The van der Waals surface area contributed by atoms with Gasteiger partial charge in [0.2, 0.25) is 0 Å². The number of anilines is 1. The molecule has 1 aliphatic rings. The number of nitrogens with zero attached hydrogens (tertiary/aromatic N) is 2. The van der Waals surface area contributed by atoms with Crippen LogP contribution in [0.2, 0.25) is 0 Å². The Kier molecular flexibility index (Phi) is 5.17. The molecular weight excluding hydrogens is 272 g/mol. The summed E-state index contributed by atoms with van der Waals surface area (Å²) < 4.78 is 28.7. The van der Waals surface area contributed by atoms with Crippen LogP contribution in [0.4, 0.5) is 14.5 Å². The van der Waals surface area contributed by atoms with Gasteiger partial charge in [-0.05, 0) is 31.7 Å². The zero-order valence-corrected chi connectivity index (χ0v) is 13.3. The minimum absolute atomic E-state index is 0.104. The molecule has 1 N–H and O–H groups in total. The summed E-state index contributed by atoms with van der Waals surface area (Å²) in [5.41, 5.74) is 0.758. The summed E-state index contributed by atoms with van der Waals surface area (Å²) in [5, 5.41) is 3.18. The van der Waals surface area contributed by atoms with E-state index in [1.807, 2.05) is 32.7 Å². The molecule has 0 aliphatic carbocycles. The first-order chi connectivity index (χ1) is 9.88. The van der Waals surface area contributed by atoms with Gasteiger partial charge in [0.25, 0.3) is 0 Å². The third-order valence-electron chi connectivity index (χ3n) is 3.91. The Morgan fingerprint density at radius 3 is 2.38 bits per heavy atom. The Morgan fingerprint density at radius 1 is 1.24 bits per heavy atom. The summed E-state index contributed by atoms with van der Waals surface area (Å²) in [6, 6.07) is 3.28. The summed E-state index contributed by atoms with van der Waals surface area (Å²) in [4.78, 5) is 4.02. The Morgan fingerprint density at radius 2 is 1.86 bits per heavy atom. The van der Waals surface area contributed by atoms with Crippen LogP contribution in [0.3, 0.4) is 0 Å². The molecule has 0 amide bonds. The van der Waals surface area contributed by atoms with E-state index in [1.165, 1.54) is 12.1 Å². The van der Waals surface area contributed by atoms with Crippen molar-refractivity contribution in [1.29, 1.82) is 0 Å². The van der Waals surface area contributed by atoms with Gasteiger partial charge in [-0.15, -0.1) is 0 Å². The zero-order chi connectivity index (χ0) is 15.6. The first-order valence-corrected chi connectivity index (χ1v) is 7.55. The molecule has 0 bridgehead atoms. The number of likely N-dealkylation sites (N-methyl/N-ethyl adjacent to an activating group) is 1. The molecule has 2 rings (SSSR count). The molecule has 0 spiro atoms. The van der Waals surface area contributed by atoms with Gasteiger partial charge in [-0.3, -0.25) is 0 Å². The second-order valence-electron chi connectivity index (χ2n) is 6.25. The van der Waals surface area contributed by atoms with Gasteiger partial charge in [-0.2, -0.15) is 0 Å². The topological polar surface area (TPSA) is 18.5 Å². The fraction of sp³-hybridized carbons (Fsp3) is 0.625. The molecule has 0 aromatic heterocycles. The van der Waals surface area contributed by atoms with E-state index in [9.17, 15) is 8.78 Å². The molecule has 1 fully saturated rings. The largest absolute Gasteiger partial charge is 0.362 e. The van der Waals surface area contributed by atoms with Gasteiger partial charge in [0.1, 0.15) is 17.3 Å². The van der Waals surface area contributed by atoms with E-state index in [1.54, 1.807) is 0 Å². The molecule has 21 heavy (non-hydrogen) atoms. The van der Waals surface area contributed by atoms with Gasteiger partial charge in [0.05, 0.1) is 0 Å². The predicted molar refractivity (Wildman–Crippen MR) is 82.6 cm³/mol. The fourth-order valence-electron chi connectivity index (χ4n) is 2.79. The van der Waals surface area contributed by atoms with Gasteiger partial charge in [0, 0.05) is 38.3 Å². The average Bonchev–Trinajstić information content (AvgIpc) is 2.38. The molecule has 3 nitrogen and oxygen atoms in total. The summed E-state index contributed by atoms with van der Waals surface area (Å²) in [5.74, 6) is -0.932. The molecule has 5 heteroatoms. The van der Waals surface area contributed by atoms with E-state index >= 15 is 0 Å². The van der Waals surface area contributed by atoms with Crippen molar-refractivity contribution < 1.29 is 8.78 Å². The number of nitrogens with one attached hydrogen (secondary N) is 1. The molecular formula is C16H25F2N3. The number of hydrogen-bond donors (Lipinski definition) is 1. The van der Waals surface area contributed by atoms with Crippen molar-refractivity contribution in [3.8, 4) is 0 Å². The van der Waals surface area contributed by atoms with Crippen molar-refractivity contribution in [3.05, 3.63) is 29.3 Å². The van der Waals surface area contributed by atoms with Crippen LogP contribution in [0.1, 0.15) is 26.3 Å². The first-order valence-electron chi connectivity index (χ1n) is 7.55. The van der Waals surface area contributed by atoms with E-state index in [2.05, 4.69) is 10.2 Å². The van der Waals surface area contributed by atoms with Crippen LogP contribution < -0.4 is 10.2 Å². The number of piperazine rings is 1. The molecule has 118 valence electrons. The Labute approximate surface area is 125 Å². The summed E-state index contributed by atoms with van der Waals surface area (Å²) >= 11 is 0. The van der Waals surface area contributed by atoms with E-state index in [4.69, 9.17) is 0 Å². The van der Waals surface area contributed by atoms with Crippen LogP contribution in [0, 0.1) is 11.6 Å².